The van der Waals surface area contributed by atoms with Crippen molar-refractivity contribution in [2.75, 3.05) is 6.54 Å². The van der Waals surface area contributed by atoms with E-state index in [9.17, 15) is 0 Å². The minimum Gasteiger partial charge on any atom is -0.317 e. The summed E-state index contributed by atoms with van der Waals surface area (Å²) < 4.78 is 0. The van der Waals surface area contributed by atoms with E-state index in [4.69, 9.17) is 0 Å². The van der Waals surface area contributed by atoms with E-state index >= 15 is 0 Å². The van der Waals surface area contributed by atoms with Crippen LogP contribution in [0.25, 0.3) is 0 Å². The van der Waals surface area contributed by atoms with Crippen molar-refractivity contribution in [1.82, 2.24) is 5.32 Å². The van der Waals surface area contributed by atoms with Gasteiger partial charge in [-0.15, -0.1) is 0 Å². The molecule has 0 rings (SSSR count). The summed E-state index contributed by atoms with van der Waals surface area (Å²) in [7, 11) is -0.645. The van der Waals surface area contributed by atoms with Crippen LogP contribution in [0.4, 0.5) is 0 Å². The summed E-state index contributed by atoms with van der Waals surface area (Å²) in [5.74, 6) is 0. The van der Waals surface area contributed by atoms with E-state index in [1.165, 1.54) is 12.8 Å². The van der Waals surface area contributed by atoms with Crippen molar-refractivity contribution in [2.24, 2.45) is 0 Å². The lowest BCUT2D eigenvalue weighted by Gasteiger charge is -2.33. The number of hydrogen-bond acceptors (Lipinski definition) is 1. The Labute approximate surface area is 92.3 Å². The molecule has 0 aliphatic rings. The third-order valence-electron chi connectivity index (χ3n) is 3.44. The second kappa shape index (κ2) is 7.47. The van der Waals surface area contributed by atoms with E-state index in [2.05, 4.69) is 46.9 Å². The van der Waals surface area contributed by atoms with Crippen LogP contribution in [0.15, 0.2) is 0 Å². The van der Waals surface area contributed by atoms with Crippen LogP contribution in [0.3, 0.4) is 0 Å². The van der Waals surface area contributed by atoms with Gasteiger partial charge in [0.15, 0.2) is 0 Å². The molecule has 0 heterocycles. The third-order valence-corrected chi connectivity index (χ3v) is 8.40. The first-order valence-electron chi connectivity index (χ1n) is 6.31. The van der Waals surface area contributed by atoms with Gasteiger partial charge in [0.1, 0.15) is 0 Å². The van der Waals surface area contributed by atoms with Gasteiger partial charge >= 0.3 is 0 Å². The van der Waals surface area contributed by atoms with E-state index < -0.39 is 8.80 Å². The van der Waals surface area contributed by atoms with Crippen molar-refractivity contribution < 1.29 is 0 Å². The van der Waals surface area contributed by atoms with Crippen LogP contribution < -0.4 is 5.32 Å². The van der Waals surface area contributed by atoms with Crippen molar-refractivity contribution in [2.45, 2.75) is 71.1 Å². The van der Waals surface area contributed by atoms with Gasteiger partial charge in [-0.3, -0.25) is 0 Å². The summed E-state index contributed by atoms with van der Waals surface area (Å²) in [6.07, 6.45) is 2.67. The first kappa shape index (κ1) is 14.2. The fraction of sp³-hybridized carbons (Fsp3) is 1.00. The number of rotatable bonds is 7. The molecule has 0 spiro atoms. The van der Waals surface area contributed by atoms with E-state index in [-0.39, 0.29) is 0 Å². The Morgan fingerprint density at radius 3 is 1.86 bits per heavy atom. The zero-order valence-corrected chi connectivity index (χ0v) is 12.1. The van der Waals surface area contributed by atoms with Crippen molar-refractivity contribution in [3.63, 3.8) is 0 Å². The molecule has 0 aromatic rings. The van der Waals surface area contributed by atoms with Crippen LogP contribution in [0.5, 0.6) is 0 Å². The standard InChI is InChI=1S/C12H29NSi/c1-7-11(6)14(10(4)5)12(8-2)13-9-3/h10-14H,7-9H2,1-6H3. The molecule has 1 N–H and O–H groups in total. The number of nitrogens with one attached hydrogen (secondary N) is 1. The predicted octanol–water partition coefficient (Wildman–Crippen LogP) is 3.35. The molecule has 2 heteroatoms. The first-order valence-corrected chi connectivity index (χ1v) is 8.31. The van der Waals surface area contributed by atoms with E-state index in [1.54, 1.807) is 0 Å². The summed E-state index contributed by atoms with van der Waals surface area (Å²) in [4.78, 5) is 0. The smallest absolute Gasteiger partial charge is 0.0619 e. The Balaban J connectivity index is 4.42. The summed E-state index contributed by atoms with van der Waals surface area (Å²) in [6.45, 7) is 15.3. The second-order valence-electron chi connectivity index (χ2n) is 4.78. The van der Waals surface area contributed by atoms with Crippen LogP contribution in [0.1, 0.15) is 54.4 Å². The Kier molecular flexibility index (Phi) is 7.56. The highest BCUT2D eigenvalue weighted by atomic mass is 28.3. The van der Waals surface area contributed by atoms with Gasteiger partial charge in [-0.25, -0.2) is 0 Å². The van der Waals surface area contributed by atoms with Crippen LogP contribution >= 0.6 is 0 Å². The maximum atomic E-state index is 3.69. The normalized spacial score (nSPS) is 18.2. The zero-order valence-electron chi connectivity index (χ0n) is 10.9. The average molecular weight is 215 g/mol. The highest BCUT2D eigenvalue weighted by Crippen LogP contribution is 2.27. The molecule has 14 heavy (non-hydrogen) atoms. The van der Waals surface area contributed by atoms with Gasteiger partial charge in [0.05, 0.1) is 8.80 Å². The summed E-state index contributed by atoms with van der Waals surface area (Å²) in [5.41, 5.74) is 2.74. The van der Waals surface area contributed by atoms with Gasteiger partial charge in [-0.1, -0.05) is 53.5 Å². The molecule has 0 saturated heterocycles. The summed E-state index contributed by atoms with van der Waals surface area (Å²) >= 11 is 0. The molecule has 0 aliphatic heterocycles. The van der Waals surface area contributed by atoms with Crippen molar-refractivity contribution in [3.05, 3.63) is 0 Å². The monoisotopic (exact) mass is 215 g/mol. The molecule has 0 aromatic heterocycles. The Morgan fingerprint density at radius 1 is 1.00 bits per heavy atom. The van der Waals surface area contributed by atoms with Crippen molar-refractivity contribution in [3.8, 4) is 0 Å². The fourth-order valence-corrected chi connectivity index (χ4v) is 7.24. The molecule has 0 saturated carbocycles. The van der Waals surface area contributed by atoms with Gasteiger partial charge in [0, 0.05) is 0 Å². The molecule has 0 aliphatic carbocycles. The molecule has 3 atom stereocenters. The molecule has 86 valence electrons. The van der Waals surface area contributed by atoms with Crippen molar-refractivity contribution in [1.29, 1.82) is 0 Å². The number of hydrogen-bond donors (Lipinski definition) is 1. The topological polar surface area (TPSA) is 12.0 Å². The highest BCUT2D eigenvalue weighted by Gasteiger charge is 2.28. The molecular weight excluding hydrogens is 186 g/mol. The molecule has 0 bridgehead atoms. The second-order valence-corrected chi connectivity index (χ2v) is 9.21. The van der Waals surface area contributed by atoms with Gasteiger partial charge in [0.2, 0.25) is 0 Å². The minimum absolute atomic E-state index is 0.645. The van der Waals surface area contributed by atoms with Crippen LogP contribution in [-0.4, -0.2) is 21.0 Å². The maximum absolute atomic E-state index is 3.69. The molecule has 0 amide bonds. The Bertz CT molecular complexity index is 136. The van der Waals surface area contributed by atoms with Gasteiger partial charge in [0.25, 0.3) is 0 Å². The Morgan fingerprint density at radius 2 is 1.57 bits per heavy atom. The Hall–Kier alpha value is 0.177. The molecule has 0 fully saturated rings. The molecule has 0 aromatic carbocycles. The minimum atomic E-state index is -0.645. The molecular formula is C12H29NSi. The molecule has 1 nitrogen and oxygen atoms in total. The first-order chi connectivity index (χ1) is 6.58. The highest BCUT2D eigenvalue weighted by molar-refractivity contribution is 6.63. The van der Waals surface area contributed by atoms with E-state index in [0.29, 0.717) is 0 Å². The maximum Gasteiger partial charge on any atom is 0.0619 e. The lowest BCUT2D eigenvalue weighted by atomic mass is 10.4. The van der Waals surface area contributed by atoms with Gasteiger partial charge in [-0.05, 0) is 24.2 Å². The zero-order chi connectivity index (χ0) is 11.1. The van der Waals surface area contributed by atoms with Crippen LogP contribution in [-0.2, 0) is 0 Å². The summed E-state index contributed by atoms with van der Waals surface area (Å²) in [5, 5.41) is 3.69. The largest absolute Gasteiger partial charge is 0.317 e. The van der Waals surface area contributed by atoms with Crippen LogP contribution in [0.2, 0.25) is 11.1 Å². The third kappa shape index (κ3) is 4.14. The molecule has 3 unspecified atom stereocenters. The molecule has 0 radical (unpaired) electrons. The van der Waals surface area contributed by atoms with Gasteiger partial charge < -0.3 is 5.32 Å². The van der Waals surface area contributed by atoms with E-state index in [0.717, 1.165) is 23.3 Å². The van der Waals surface area contributed by atoms with Crippen LogP contribution in [0, 0.1) is 0 Å². The SMILES string of the molecule is CCNC(CC)[SiH](C(C)C)C(C)CC. The lowest BCUT2D eigenvalue weighted by Crippen LogP contribution is -2.46. The predicted molar refractivity (Wildman–Crippen MR) is 69.7 cm³/mol. The summed E-state index contributed by atoms with van der Waals surface area (Å²) in [6, 6.07) is 0. The van der Waals surface area contributed by atoms with Crippen molar-refractivity contribution >= 4 is 8.80 Å². The fourth-order valence-electron chi connectivity index (χ4n) is 2.61. The van der Waals surface area contributed by atoms with E-state index in [1.807, 2.05) is 0 Å². The quantitative estimate of drug-likeness (QED) is 0.642. The average Bonchev–Trinajstić information content (AvgIpc) is 2.16. The van der Waals surface area contributed by atoms with Gasteiger partial charge in [-0.2, -0.15) is 0 Å². The lowest BCUT2D eigenvalue weighted by molar-refractivity contribution is 0.609.